The lowest BCUT2D eigenvalue weighted by atomic mass is 10.1. The maximum Gasteiger partial charge on any atom is 0.251 e. The van der Waals surface area contributed by atoms with Crippen molar-refractivity contribution in [1.29, 1.82) is 0 Å². The summed E-state index contributed by atoms with van der Waals surface area (Å²) in [5.41, 5.74) is 2.28. The van der Waals surface area contributed by atoms with Crippen LogP contribution in [0.2, 0.25) is 0 Å². The van der Waals surface area contributed by atoms with Crippen LogP contribution in [0.4, 0.5) is 0 Å². The minimum absolute atomic E-state index is 0.147. The number of amides is 2. The second-order valence-electron chi connectivity index (χ2n) is 5.86. The summed E-state index contributed by atoms with van der Waals surface area (Å²) in [6.07, 6.45) is 3.02. The van der Waals surface area contributed by atoms with Crippen molar-refractivity contribution in [1.82, 2.24) is 10.6 Å². The first kappa shape index (κ1) is 18.5. The highest BCUT2D eigenvalue weighted by Gasteiger charge is 2.17. The Balaban J connectivity index is 1.93. The van der Waals surface area contributed by atoms with Gasteiger partial charge >= 0.3 is 0 Å². The number of furan rings is 1. The van der Waals surface area contributed by atoms with Gasteiger partial charge in [0.2, 0.25) is 5.91 Å². The predicted octanol–water partition coefficient (Wildman–Crippen LogP) is 2.33. The van der Waals surface area contributed by atoms with E-state index < -0.39 is 6.04 Å². The highest BCUT2D eigenvalue weighted by atomic mass is 16.3. The third kappa shape index (κ3) is 5.61. The molecule has 6 heteroatoms. The van der Waals surface area contributed by atoms with Crippen LogP contribution in [0, 0.1) is 0 Å². The Morgan fingerprint density at radius 1 is 1.20 bits per heavy atom. The number of carbonyl (C=O) groups excluding carboxylic acids is 2. The molecule has 0 saturated carbocycles. The molecule has 1 atom stereocenters. The van der Waals surface area contributed by atoms with Crippen molar-refractivity contribution in [3.05, 3.63) is 71.2 Å². The Kier molecular flexibility index (Phi) is 6.54. The summed E-state index contributed by atoms with van der Waals surface area (Å²) in [6.45, 7) is 3.84. The van der Waals surface area contributed by atoms with Crippen molar-refractivity contribution >= 4 is 11.8 Å². The molecular formula is C19H22N2O4. The molecule has 6 nitrogen and oxygen atoms in total. The van der Waals surface area contributed by atoms with E-state index in [9.17, 15) is 14.7 Å². The second kappa shape index (κ2) is 8.84. The molecule has 0 saturated heterocycles. The van der Waals surface area contributed by atoms with Gasteiger partial charge in [-0.05, 0) is 43.7 Å². The number of aliphatic hydroxyl groups is 1. The zero-order chi connectivity index (χ0) is 18.2. The van der Waals surface area contributed by atoms with E-state index in [0.29, 0.717) is 17.9 Å². The molecule has 2 amide bonds. The van der Waals surface area contributed by atoms with Crippen LogP contribution in [0.25, 0.3) is 0 Å². The molecule has 1 aromatic carbocycles. The largest absolute Gasteiger partial charge is 0.467 e. The third-order valence-corrected chi connectivity index (χ3v) is 3.48. The van der Waals surface area contributed by atoms with Crippen molar-refractivity contribution in [3.63, 3.8) is 0 Å². The van der Waals surface area contributed by atoms with Gasteiger partial charge in [-0.1, -0.05) is 17.7 Å². The van der Waals surface area contributed by atoms with Gasteiger partial charge in [-0.15, -0.1) is 0 Å². The molecule has 2 rings (SSSR count). The van der Waals surface area contributed by atoms with E-state index in [0.717, 1.165) is 11.1 Å². The lowest BCUT2D eigenvalue weighted by molar-refractivity contribution is -0.116. The average Bonchev–Trinajstić information content (AvgIpc) is 3.12. The van der Waals surface area contributed by atoms with Gasteiger partial charge in [-0.3, -0.25) is 9.59 Å². The van der Waals surface area contributed by atoms with E-state index in [4.69, 9.17) is 4.42 Å². The topological polar surface area (TPSA) is 91.6 Å². The highest BCUT2D eigenvalue weighted by Crippen LogP contribution is 2.14. The Morgan fingerprint density at radius 2 is 1.92 bits per heavy atom. The van der Waals surface area contributed by atoms with Crippen molar-refractivity contribution in [2.45, 2.75) is 26.4 Å². The highest BCUT2D eigenvalue weighted by molar-refractivity contribution is 5.94. The zero-order valence-corrected chi connectivity index (χ0v) is 14.3. The average molecular weight is 342 g/mol. The van der Waals surface area contributed by atoms with Crippen molar-refractivity contribution in [2.24, 2.45) is 0 Å². The summed E-state index contributed by atoms with van der Waals surface area (Å²) < 4.78 is 5.20. The van der Waals surface area contributed by atoms with Crippen LogP contribution in [0.3, 0.4) is 0 Å². The van der Waals surface area contributed by atoms with Crippen molar-refractivity contribution in [3.8, 4) is 0 Å². The Labute approximate surface area is 146 Å². The van der Waals surface area contributed by atoms with E-state index in [1.54, 1.807) is 36.4 Å². The molecule has 1 unspecified atom stereocenters. The van der Waals surface area contributed by atoms with E-state index in [-0.39, 0.29) is 18.4 Å². The fourth-order valence-electron chi connectivity index (χ4n) is 2.21. The second-order valence-corrected chi connectivity index (χ2v) is 5.86. The first-order valence-corrected chi connectivity index (χ1v) is 7.96. The molecule has 2 aromatic rings. The molecule has 0 spiro atoms. The van der Waals surface area contributed by atoms with Gasteiger partial charge in [0.25, 0.3) is 5.91 Å². The fourth-order valence-corrected chi connectivity index (χ4v) is 2.21. The number of allylic oxidation sites excluding steroid dienone is 1. The summed E-state index contributed by atoms with van der Waals surface area (Å²) in [6, 6.07) is 9.70. The summed E-state index contributed by atoms with van der Waals surface area (Å²) in [5, 5.41) is 14.9. The lowest BCUT2D eigenvalue weighted by Crippen LogP contribution is -2.30. The van der Waals surface area contributed by atoms with Gasteiger partial charge in [-0.25, -0.2) is 0 Å². The summed E-state index contributed by atoms with van der Waals surface area (Å²) >= 11 is 0. The summed E-state index contributed by atoms with van der Waals surface area (Å²) in [4.78, 5) is 23.9. The van der Waals surface area contributed by atoms with Crippen LogP contribution in [-0.4, -0.2) is 23.5 Å². The summed E-state index contributed by atoms with van der Waals surface area (Å²) in [5.74, 6) is 0.0380. The van der Waals surface area contributed by atoms with E-state index in [1.807, 2.05) is 13.8 Å². The molecule has 1 aromatic heterocycles. The lowest BCUT2D eigenvalue weighted by Gasteiger charge is -2.14. The van der Waals surface area contributed by atoms with E-state index >= 15 is 0 Å². The number of nitrogens with one attached hydrogen (secondary N) is 2. The maximum absolute atomic E-state index is 12.3. The number of aliphatic hydroxyl groups excluding tert-OH is 1. The normalized spacial score (nSPS) is 11.5. The van der Waals surface area contributed by atoms with Crippen LogP contribution in [0.15, 0.2) is 58.7 Å². The number of rotatable bonds is 7. The van der Waals surface area contributed by atoms with Gasteiger partial charge in [-0.2, -0.15) is 0 Å². The molecule has 25 heavy (non-hydrogen) atoms. The molecule has 0 bridgehead atoms. The summed E-state index contributed by atoms with van der Waals surface area (Å²) in [7, 11) is 0. The van der Waals surface area contributed by atoms with Crippen LogP contribution in [-0.2, 0) is 11.3 Å². The van der Waals surface area contributed by atoms with Crippen molar-refractivity contribution in [2.75, 3.05) is 6.61 Å². The third-order valence-electron chi connectivity index (χ3n) is 3.48. The number of hydrogen-bond donors (Lipinski definition) is 3. The smallest absolute Gasteiger partial charge is 0.251 e. The van der Waals surface area contributed by atoms with Crippen LogP contribution >= 0.6 is 0 Å². The standard InChI is InChI=1S/C19H22N2O4/c1-13(2)10-18(23)20-11-14-5-7-15(8-6-14)19(24)21-16(12-22)17-4-3-9-25-17/h3-10,16,22H,11-12H2,1-2H3,(H,20,23)(H,21,24). The van der Waals surface area contributed by atoms with Gasteiger partial charge in [0, 0.05) is 18.2 Å². The Hall–Kier alpha value is -2.86. The molecular weight excluding hydrogens is 320 g/mol. The fraction of sp³-hybridized carbons (Fsp3) is 0.263. The molecule has 0 aliphatic rings. The molecule has 132 valence electrons. The van der Waals surface area contributed by atoms with Gasteiger partial charge < -0.3 is 20.2 Å². The van der Waals surface area contributed by atoms with Crippen molar-refractivity contribution < 1.29 is 19.1 Å². The first-order valence-electron chi connectivity index (χ1n) is 7.96. The Bertz CT molecular complexity index is 729. The van der Waals surface area contributed by atoms with Crippen LogP contribution in [0.1, 0.15) is 41.6 Å². The monoisotopic (exact) mass is 342 g/mol. The number of carbonyl (C=O) groups is 2. The molecule has 1 heterocycles. The molecule has 0 aliphatic heterocycles. The molecule has 0 radical (unpaired) electrons. The molecule has 0 fully saturated rings. The van der Waals surface area contributed by atoms with Gasteiger partial charge in [0.15, 0.2) is 0 Å². The van der Waals surface area contributed by atoms with Crippen LogP contribution < -0.4 is 10.6 Å². The zero-order valence-electron chi connectivity index (χ0n) is 14.3. The number of hydrogen-bond acceptors (Lipinski definition) is 4. The van der Waals surface area contributed by atoms with E-state index in [2.05, 4.69) is 10.6 Å². The minimum atomic E-state index is -0.592. The SMILES string of the molecule is CC(C)=CC(=O)NCc1ccc(C(=O)NC(CO)c2ccco2)cc1. The van der Waals surface area contributed by atoms with Crippen LogP contribution in [0.5, 0.6) is 0 Å². The maximum atomic E-state index is 12.3. The Morgan fingerprint density at radius 3 is 2.48 bits per heavy atom. The molecule has 0 aliphatic carbocycles. The quantitative estimate of drug-likeness (QED) is 0.674. The number of benzene rings is 1. The first-order chi connectivity index (χ1) is 12.0. The minimum Gasteiger partial charge on any atom is -0.467 e. The predicted molar refractivity (Wildman–Crippen MR) is 93.7 cm³/mol. The van der Waals surface area contributed by atoms with Gasteiger partial charge in [0.05, 0.1) is 12.9 Å². The van der Waals surface area contributed by atoms with Gasteiger partial charge in [0.1, 0.15) is 11.8 Å². The molecule has 3 N–H and O–H groups in total. The van der Waals surface area contributed by atoms with E-state index in [1.165, 1.54) is 12.3 Å².